The van der Waals surface area contributed by atoms with E-state index in [4.69, 9.17) is 0 Å². The standard InChI is InChI=1S/C18H14N2O8/c21-11-1-9(2-12(22)5-11)19-15(25)7-17(27)20(18(28)8-16(19)26)10-3-13(23)6-14(24)4-10/h1-6,21-24H,7-8H2. The van der Waals surface area contributed by atoms with Crippen LogP contribution in [0.4, 0.5) is 11.4 Å². The first-order valence-electron chi connectivity index (χ1n) is 7.93. The fourth-order valence-electron chi connectivity index (χ4n) is 2.85. The highest BCUT2D eigenvalue weighted by Crippen LogP contribution is 2.31. The highest BCUT2D eigenvalue weighted by atomic mass is 16.3. The summed E-state index contributed by atoms with van der Waals surface area (Å²) in [4.78, 5) is 51.1. The number of phenolic OH excluding ortho intramolecular Hbond substituents is 4. The van der Waals surface area contributed by atoms with Crippen LogP contribution >= 0.6 is 0 Å². The fraction of sp³-hybridized carbons (Fsp3) is 0.111. The number of hydrogen-bond donors (Lipinski definition) is 4. The van der Waals surface area contributed by atoms with Gasteiger partial charge >= 0.3 is 0 Å². The van der Waals surface area contributed by atoms with Gasteiger partial charge in [0.05, 0.1) is 11.4 Å². The first-order chi connectivity index (χ1) is 13.2. The number of imide groups is 2. The molecule has 4 amide bonds. The van der Waals surface area contributed by atoms with Gasteiger partial charge in [-0.05, 0) is 0 Å². The Balaban J connectivity index is 2.00. The quantitative estimate of drug-likeness (QED) is 0.435. The minimum atomic E-state index is -0.984. The van der Waals surface area contributed by atoms with E-state index in [1.165, 1.54) is 0 Å². The average molecular weight is 386 g/mol. The van der Waals surface area contributed by atoms with Crippen molar-refractivity contribution in [2.45, 2.75) is 12.8 Å². The molecule has 0 atom stereocenters. The number of carbonyl (C=O) groups excluding carboxylic acids is 4. The maximum atomic E-state index is 12.5. The third kappa shape index (κ3) is 3.56. The second-order valence-electron chi connectivity index (χ2n) is 6.01. The summed E-state index contributed by atoms with van der Waals surface area (Å²) in [5.41, 5.74) is -0.395. The maximum absolute atomic E-state index is 12.5. The molecule has 3 rings (SSSR count). The summed E-state index contributed by atoms with van der Waals surface area (Å²) in [6.07, 6.45) is -1.77. The van der Waals surface area contributed by atoms with E-state index in [1.807, 2.05) is 0 Å². The van der Waals surface area contributed by atoms with Crippen LogP contribution in [0.3, 0.4) is 0 Å². The molecule has 0 unspecified atom stereocenters. The SMILES string of the molecule is O=C1CC(=O)N(c2cc(O)cc(O)c2)C(=O)CC(=O)N1c1cc(O)cc(O)c1. The van der Waals surface area contributed by atoms with Crippen molar-refractivity contribution in [3.05, 3.63) is 36.4 Å². The smallest absolute Gasteiger partial charge is 0.243 e. The van der Waals surface area contributed by atoms with Crippen molar-refractivity contribution in [2.75, 3.05) is 9.80 Å². The van der Waals surface area contributed by atoms with Gasteiger partial charge in [-0.1, -0.05) is 0 Å². The van der Waals surface area contributed by atoms with E-state index >= 15 is 0 Å². The third-order valence-corrected chi connectivity index (χ3v) is 3.89. The lowest BCUT2D eigenvalue weighted by molar-refractivity contribution is -0.134. The summed E-state index contributed by atoms with van der Waals surface area (Å²) in [5, 5.41) is 38.3. The van der Waals surface area contributed by atoms with E-state index in [9.17, 15) is 39.6 Å². The highest BCUT2D eigenvalue weighted by Gasteiger charge is 2.36. The van der Waals surface area contributed by atoms with Gasteiger partial charge in [0.2, 0.25) is 23.6 Å². The number of benzene rings is 2. The Hall–Kier alpha value is -4.08. The lowest BCUT2D eigenvalue weighted by atomic mass is 10.1. The molecule has 144 valence electrons. The topological polar surface area (TPSA) is 156 Å². The van der Waals surface area contributed by atoms with E-state index in [1.54, 1.807) is 0 Å². The molecule has 1 fully saturated rings. The first kappa shape index (κ1) is 18.7. The van der Waals surface area contributed by atoms with Gasteiger partial charge in [0.15, 0.2) is 0 Å². The molecular formula is C18H14N2O8. The zero-order valence-corrected chi connectivity index (χ0v) is 14.2. The summed E-state index contributed by atoms with van der Waals surface area (Å²) in [7, 11) is 0. The molecule has 0 saturated carbocycles. The van der Waals surface area contributed by atoms with Crippen molar-refractivity contribution < 1.29 is 39.6 Å². The van der Waals surface area contributed by atoms with Gasteiger partial charge in [0, 0.05) is 36.4 Å². The molecule has 0 spiro atoms. The molecule has 0 bridgehead atoms. The van der Waals surface area contributed by atoms with Crippen molar-refractivity contribution in [3.8, 4) is 23.0 Å². The van der Waals surface area contributed by atoms with Crippen molar-refractivity contribution in [3.63, 3.8) is 0 Å². The zero-order valence-electron chi connectivity index (χ0n) is 14.2. The van der Waals surface area contributed by atoms with E-state index in [0.717, 1.165) is 36.4 Å². The zero-order chi connectivity index (χ0) is 20.6. The Morgan fingerprint density at radius 1 is 0.500 bits per heavy atom. The number of phenols is 4. The molecule has 2 aromatic carbocycles. The van der Waals surface area contributed by atoms with Crippen LogP contribution in [-0.2, 0) is 19.2 Å². The van der Waals surface area contributed by atoms with Gasteiger partial charge in [0.25, 0.3) is 0 Å². The van der Waals surface area contributed by atoms with Crippen LogP contribution in [-0.4, -0.2) is 44.1 Å². The predicted octanol–water partition coefficient (Wildman–Crippen LogP) is 0.722. The molecule has 1 heterocycles. The maximum Gasteiger partial charge on any atom is 0.243 e. The number of hydrogen-bond acceptors (Lipinski definition) is 8. The largest absolute Gasteiger partial charge is 0.508 e. The van der Waals surface area contributed by atoms with Crippen LogP contribution in [0.1, 0.15) is 12.8 Å². The van der Waals surface area contributed by atoms with Crippen LogP contribution in [0, 0.1) is 0 Å². The monoisotopic (exact) mass is 386 g/mol. The van der Waals surface area contributed by atoms with Gasteiger partial charge < -0.3 is 20.4 Å². The average Bonchev–Trinajstić information content (AvgIpc) is 2.51. The molecule has 1 aliphatic heterocycles. The second kappa shape index (κ2) is 6.91. The van der Waals surface area contributed by atoms with Gasteiger partial charge in [-0.2, -0.15) is 0 Å². The molecule has 0 aromatic heterocycles. The van der Waals surface area contributed by atoms with Crippen LogP contribution in [0.15, 0.2) is 36.4 Å². The predicted molar refractivity (Wildman–Crippen MR) is 93.8 cm³/mol. The Bertz CT molecular complexity index is 867. The number of carbonyl (C=O) groups is 4. The Labute approximate surface area is 157 Å². The number of amides is 4. The Morgan fingerprint density at radius 2 is 0.750 bits per heavy atom. The molecule has 10 nitrogen and oxygen atoms in total. The van der Waals surface area contributed by atoms with E-state index in [-0.39, 0.29) is 11.4 Å². The minimum absolute atomic E-state index is 0.198. The molecule has 0 aliphatic carbocycles. The van der Waals surface area contributed by atoms with Crippen LogP contribution in [0.25, 0.3) is 0 Å². The molecular weight excluding hydrogens is 372 g/mol. The summed E-state index contributed by atoms with van der Waals surface area (Å²) < 4.78 is 0. The lowest BCUT2D eigenvalue weighted by Crippen LogP contribution is -2.49. The van der Waals surface area contributed by atoms with Crippen molar-refractivity contribution in [1.29, 1.82) is 0 Å². The molecule has 4 N–H and O–H groups in total. The van der Waals surface area contributed by atoms with Crippen molar-refractivity contribution in [2.24, 2.45) is 0 Å². The van der Waals surface area contributed by atoms with Crippen LogP contribution in [0.5, 0.6) is 23.0 Å². The van der Waals surface area contributed by atoms with Crippen LogP contribution < -0.4 is 9.80 Å². The van der Waals surface area contributed by atoms with Crippen molar-refractivity contribution >= 4 is 35.0 Å². The second-order valence-corrected chi connectivity index (χ2v) is 6.01. The normalized spacial score (nSPS) is 15.6. The number of nitrogens with zero attached hydrogens (tertiary/aromatic N) is 2. The highest BCUT2D eigenvalue weighted by molar-refractivity contribution is 6.31. The van der Waals surface area contributed by atoms with E-state index < -0.39 is 59.5 Å². The molecule has 1 saturated heterocycles. The fourth-order valence-corrected chi connectivity index (χ4v) is 2.85. The molecule has 28 heavy (non-hydrogen) atoms. The van der Waals surface area contributed by atoms with Gasteiger partial charge in [-0.3, -0.25) is 19.2 Å². The summed E-state index contributed by atoms with van der Waals surface area (Å²) in [6.45, 7) is 0. The van der Waals surface area contributed by atoms with E-state index in [0.29, 0.717) is 9.80 Å². The number of anilines is 2. The number of aromatic hydroxyl groups is 4. The molecule has 0 radical (unpaired) electrons. The molecule has 1 aliphatic rings. The lowest BCUT2D eigenvalue weighted by Gasteiger charge is -2.28. The summed E-state index contributed by atoms with van der Waals surface area (Å²) in [6, 6.07) is 6.06. The Morgan fingerprint density at radius 3 is 1.00 bits per heavy atom. The first-order valence-corrected chi connectivity index (χ1v) is 7.93. The van der Waals surface area contributed by atoms with Gasteiger partial charge in [-0.25, -0.2) is 9.80 Å². The minimum Gasteiger partial charge on any atom is -0.508 e. The summed E-state index contributed by atoms with van der Waals surface area (Å²) >= 11 is 0. The summed E-state index contributed by atoms with van der Waals surface area (Å²) in [5.74, 6) is -5.63. The Kier molecular flexibility index (Phi) is 4.62. The van der Waals surface area contributed by atoms with Crippen molar-refractivity contribution in [1.82, 2.24) is 0 Å². The van der Waals surface area contributed by atoms with Crippen LogP contribution in [0.2, 0.25) is 0 Å². The molecule has 10 heteroatoms. The number of rotatable bonds is 2. The molecule has 2 aromatic rings. The van der Waals surface area contributed by atoms with E-state index in [2.05, 4.69) is 0 Å². The van der Waals surface area contributed by atoms with Gasteiger partial charge in [0.1, 0.15) is 35.8 Å². The third-order valence-electron chi connectivity index (χ3n) is 3.89. The van der Waals surface area contributed by atoms with Gasteiger partial charge in [-0.15, -0.1) is 0 Å².